The van der Waals surface area contributed by atoms with E-state index in [4.69, 9.17) is 4.74 Å². The van der Waals surface area contributed by atoms with Crippen molar-refractivity contribution >= 4 is 32.2 Å². The zero-order chi connectivity index (χ0) is 20.1. The molecule has 3 aromatic rings. The predicted molar refractivity (Wildman–Crippen MR) is 111 cm³/mol. The van der Waals surface area contributed by atoms with Crippen LogP contribution >= 0.6 is 11.3 Å². The van der Waals surface area contributed by atoms with E-state index in [1.165, 1.54) is 36.1 Å². The third-order valence-corrected chi connectivity index (χ3v) is 6.54. The quantitative estimate of drug-likeness (QED) is 0.633. The smallest absolute Gasteiger partial charge is 0.241 e. The first-order valence-electron chi connectivity index (χ1n) is 8.63. The fourth-order valence-corrected chi connectivity index (χ4v) is 4.44. The molecule has 0 atom stereocenters. The topological polar surface area (TPSA) is 85.4 Å². The van der Waals surface area contributed by atoms with E-state index in [-0.39, 0.29) is 4.90 Å². The molecule has 1 N–H and O–H groups in total. The molecule has 1 amide bonds. The van der Waals surface area contributed by atoms with Crippen LogP contribution in [-0.4, -0.2) is 32.2 Å². The first kappa shape index (κ1) is 20.0. The molecule has 6 nitrogen and oxygen atoms in total. The van der Waals surface area contributed by atoms with Gasteiger partial charge in [-0.25, -0.2) is 13.4 Å². The first-order valence-corrected chi connectivity index (χ1v) is 11.2. The van der Waals surface area contributed by atoms with Crippen LogP contribution in [0.2, 0.25) is 0 Å². The number of aryl methyl sites for hydroxylation is 1. The van der Waals surface area contributed by atoms with Crippen LogP contribution in [0, 0.1) is 0 Å². The molecule has 0 spiro atoms. The number of anilines is 1. The Morgan fingerprint density at radius 1 is 1.11 bits per heavy atom. The molecule has 0 bridgehead atoms. The normalized spacial score (nSPS) is 11.2. The van der Waals surface area contributed by atoms with Crippen molar-refractivity contribution < 1.29 is 17.9 Å². The number of carbonyl (C=O) groups excluding carboxylic acids is 1. The fraction of sp³-hybridized carbons (Fsp3) is 0.200. The Kier molecular flexibility index (Phi) is 6.11. The van der Waals surface area contributed by atoms with Gasteiger partial charge in [-0.05, 0) is 36.2 Å². The summed E-state index contributed by atoms with van der Waals surface area (Å²) in [4.78, 5) is 16.7. The van der Waals surface area contributed by atoms with E-state index in [2.05, 4.69) is 17.2 Å². The summed E-state index contributed by atoms with van der Waals surface area (Å²) in [6.45, 7) is 2.09. The van der Waals surface area contributed by atoms with Crippen LogP contribution in [-0.2, 0) is 21.1 Å². The lowest BCUT2D eigenvalue weighted by molar-refractivity contribution is -0.113. The fourth-order valence-electron chi connectivity index (χ4n) is 2.57. The van der Waals surface area contributed by atoms with Gasteiger partial charge in [-0.3, -0.25) is 4.79 Å². The lowest BCUT2D eigenvalue weighted by Crippen LogP contribution is -2.22. The number of hydrogen-bond acceptors (Lipinski definition) is 6. The molecule has 146 valence electrons. The molecule has 0 aliphatic rings. The van der Waals surface area contributed by atoms with Crippen molar-refractivity contribution in [3.05, 3.63) is 59.5 Å². The number of thiazole rings is 1. The standard InChI is InChI=1S/C20H20N2O4S2/c1-3-14-4-6-15(7-5-14)18-12-27-20(21-18)22-19(23)13-28(24,25)17-10-8-16(26-2)9-11-17/h4-12H,3,13H2,1-2H3,(H,21,22,23). The van der Waals surface area contributed by atoms with E-state index < -0.39 is 21.5 Å². The summed E-state index contributed by atoms with van der Waals surface area (Å²) in [5.41, 5.74) is 2.91. The molecule has 1 heterocycles. The lowest BCUT2D eigenvalue weighted by atomic mass is 10.1. The zero-order valence-electron chi connectivity index (χ0n) is 15.5. The minimum atomic E-state index is -3.75. The van der Waals surface area contributed by atoms with Crippen LogP contribution in [0.25, 0.3) is 11.3 Å². The van der Waals surface area contributed by atoms with E-state index in [0.717, 1.165) is 17.7 Å². The Morgan fingerprint density at radius 3 is 2.39 bits per heavy atom. The molecular formula is C20H20N2O4S2. The monoisotopic (exact) mass is 416 g/mol. The minimum absolute atomic E-state index is 0.0688. The predicted octanol–water partition coefficient (Wildman–Crippen LogP) is 3.79. The number of amides is 1. The molecule has 3 rings (SSSR count). The van der Waals surface area contributed by atoms with Gasteiger partial charge in [-0.2, -0.15) is 0 Å². The van der Waals surface area contributed by atoms with Crippen LogP contribution in [0.15, 0.2) is 58.8 Å². The number of methoxy groups -OCH3 is 1. The summed E-state index contributed by atoms with van der Waals surface area (Å²) in [5, 5.41) is 4.76. The Morgan fingerprint density at radius 2 is 1.79 bits per heavy atom. The number of hydrogen-bond donors (Lipinski definition) is 1. The van der Waals surface area contributed by atoms with Gasteiger partial charge in [0.05, 0.1) is 17.7 Å². The highest BCUT2D eigenvalue weighted by atomic mass is 32.2. The van der Waals surface area contributed by atoms with Crippen LogP contribution in [0.5, 0.6) is 5.75 Å². The third-order valence-electron chi connectivity index (χ3n) is 4.15. The number of benzene rings is 2. The molecule has 0 saturated heterocycles. The minimum Gasteiger partial charge on any atom is -0.497 e. The maximum atomic E-state index is 12.4. The Labute approximate surface area is 168 Å². The number of aromatic nitrogens is 1. The summed E-state index contributed by atoms with van der Waals surface area (Å²) in [6, 6.07) is 14.0. The third kappa shape index (κ3) is 4.76. The average molecular weight is 417 g/mol. The van der Waals surface area contributed by atoms with Gasteiger partial charge < -0.3 is 10.1 Å². The summed E-state index contributed by atoms with van der Waals surface area (Å²) < 4.78 is 29.8. The Hall–Kier alpha value is -2.71. The lowest BCUT2D eigenvalue weighted by Gasteiger charge is -2.05. The van der Waals surface area contributed by atoms with Crippen molar-refractivity contribution in [1.29, 1.82) is 0 Å². The zero-order valence-corrected chi connectivity index (χ0v) is 17.1. The highest BCUT2D eigenvalue weighted by Gasteiger charge is 2.20. The van der Waals surface area contributed by atoms with E-state index in [1.807, 2.05) is 29.6 Å². The maximum Gasteiger partial charge on any atom is 0.241 e. The van der Waals surface area contributed by atoms with Gasteiger partial charge in [-0.15, -0.1) is 11.3 Å². The van der Waals surface area contributed by atoms with Crippen molar-refractivity contribution in [2.24, 2.45) is 0 Å². The Balaban J connectivity index is 1.66. The van der Waals surface area contributed by atoms with Gasteiger partial charge in [0.1, 0.15) is 11.5 Å². The summed E-state index contributed by atoms with van der Waals surface area (Å²) in [7, 11) is -2.25. The second kappa shape index (κ2) is 8.53. The van der Waals surface area contributed by atoms with Crippen molar-refractivity contribution in [1.82, 2.24) is 4.98 Å². The van der Waals surface area contributed by atoms with Crippen LogP contribution in [0.3, 0.4) is 0 Å². The summed E-state index contributed by atoms with van der Waals surface area (Å²) >= 11 is 1.25. The van der Waals surface area contributed by atoms with E-state index >= 15 is 0 Å². The first-order chi connectivity index (χ1) is 13.4. The number of rotatable bonds is 7. The van der Waals surface area contributed by atoms with Crippen LogP contribution in [0.4, 0.5) is 5.13 Å². The highest BCUT2D eigenvalue weighted by molar-refractivity contribution is 7.92. The molecule has 0 aliphatic carbocycles. The van der Waals surface area contributed by atoms with Crippen molar-refractivity contribution in [3.63, 3.8) is 0 Å². The second-order valence-corrected chi connectivity index (χ2v) is 8.92. The van der Waals surface area contributed by atoms with E-state index in [1.54, 1.807) is 12.1 Å². The van der Waals surface area contributed by atoms with Crippen LogP contribution in [0.1, 0.15) is 12.5 Å². The summed E-state index contributed by atoms with van der Waals surface area (Å²) in [5.74, 6) is -0.733. The molecule has 28 heavy (non-hydrogen) atoms. The van der Waals surface area contributed by atoms with Gasteiger partial charge in [0.25, 0.3) is 0 Å². The van der Waals surface area contributed by atoms with Gasteiger partial charge >= 0.3 is 0 Å². The molecule has 1 aromatic heterocycles. The molecule has 0 unspecified atom stereocenters. The number of ether oxygens (including phenoxy) is 1. The second-order valence-electron chi connectivity index (χ2n) is 6.07. The molecule has 8 heteroatoms. The Bertz CT molecular complexity index is 1060. The summed E-state index contributed by atoms with van der Waals surface area (Å²) in [6.07, 6.45) is 0.960. The SMILES string of the molecule is CCc1ccc(-c2csc(NC(=O)CS(=O)(=O)c3ccc(OC)cc3)n2)cc1. The molecule has 0 saturated carbocycles. The average Bonchev–Trinajstić information content (AvgIpc) is 3.16. The number of nitrogens with one attached hydrogen (secondary N) is 1. The highest BCUT2D eigenvalue weighted by Crippen LogP contribution is 2.25. The molecule has 2 aromatic carbocycles. The largest absolute Gasteiger partial charge is 0.497 e. The molecule has 0 aliphatic heterocycles. The van der Waals surface area contributed by atoms with Gasteiger partial charge in [0.15, 0.2) is 15.0 Å². The van der Waals surface area contributed by atoms with Gasteiger partial charge in [-0.1, -0.05) is 31.2 Å². The number of sulfone groups is 1. The number of nitrogens with zero attached hydrogens (tertiary/aromatic N) is 1. The van der Waals surface area contributed by atoms with Gasteiger partial charge in [0, 0.05) is 10.9 Å². The molecule has 0 fully saturated rings. The van der Waals surface area contributed by atoms with Crippen molar-refractivity contribution in [2.75, 3.05) is 18.2 Å². The molecular weight excluding hydrogens is 396 g/mol. The number of carbonyl (C=O) groups is 1. The molecule has 0 radical (unpaired) electrons. The van der Waals surface area contributed by atoms with Crippen molar-refractivity contribution in [2.45, 2.75) is 18.2 Å². The van der Waals surface area contributed by atoms with E-state index in [0.29, 0.717) is 10.9 Å². The van der Waals surface area contributed by atoms with Crippen molar-refractivity contribution in [3.8, 4) is 17.0 Å². The van der Waals surface area contributed by atoms with Crippen LogP contribution < -0.4 is 10.1 Å². The van der Waals surface area contributed by atoms with Gasteiger partial charge in [0.2, 0.25) is 5.91 Å². The van der Waals surface area contributed by atoms with E-state index in [9.17, 15) is 13.2 Å². The maximum absolute atomic E-state index is 12.4.